The number of nitrogens with one attached hydrogen (secondary N) is 1. The maximum atomic E-state index is 6.26. The van der Waals surface area contributed by atoms with Crippen LogP contribution in [0.4, 0.5) is 0 Å². The lowest BCUT2D eigenvalue weighted by Gasteiger charge is -2.28. The highest BCUT2D eigenvalue weighted by atomic mass is 35.5. The first kappa shape index (κ1) is 10.5. The van der Waals surface area contributed by atoms with E-state index in [2.05, 4.69) is 5.48 Å². The third-order valence-corrected chi connectivity index (χ3v) is 3.85. The SMILES string of the molecule is Clc1cccc(Cl)c1C1(C2CC2)C=CON1. The van der Waals surface area contributed by atoms with Crippen molar-refractivity contribution in [2.45, 2.75) is 18.4 Å². The highest BCUT2D eigenvalue weighted by Gasteiger charge is 2.49. The summed E-state index contributed by atoms with van der Waals surface area (Å²) in [6, 6.07) is 5.58. The van der Waals surface area contributed by atoms with E-state index in [0.29, 0.717) is 16.0 Å². The van der Waals surface area contributed by atoms with Gasteiger partial charge in [0.25, 0.3) is 0 Å². The van der Waals surface area contributed by atoms with Crippen molar-refractivity contribution in [1.82, 2.24) is 5.48 Å². The zero-order valence-electron chi connectivity index (χ0n) is 8.54. The van der Waals surface area contributed by atoms with Gasteiger partial charge in [-0.3, -0.25) is 0 Å². The minimum atomic E-state index is -0.338. The lowest BCUT2D eigenvalue weighted by atomic mass is 9.86. The van der Waals surface area contributed by atoms with Gasteiger partial charge in [-0.05, 0) is 37.0 Å². The average Bonchev–Trinajstić information content (AvgIpc) is 3.00. The highest BCUT2D eigenvalue weighted by Crippen LogP contribution is 2.51. The van der Waals surface area contributed by atoms with Crippen molar-refractivity contribution in [3.63, 3.8) is 0 Å². The summed E-state index contributed by atoms with van der Waals surface area (Å²) >= 11 is 12.5. The maximum Gasteiger partial charge on any atom is 0.109 e. The largest absolute Gasteiger partial charge is 0.416 e. The first-order chi connectivity index (χ1) is 7.74. The van der Waals surface area contributed by atoms with Crippen LogP contribution in [0.2, 0.25) is 10.0 Å². The van der Waals surface area contributed by atoms with E-state index in [1.807, 2.05) is 24.3 Å². The zero-order valence-corrected chi connectivity index (χ0v) is 10.1. The molecule has 1 atom stereocenters. The molecule has 1 heterocycles. The van der Waals surface area contributed by atoms with Crippen LogP contribution in [-0.2, 0) is 10.4 Å². The Labute approximate surface area is 104 Å². The van der Waals surface area contributed by atoms with E-state index in [1.165, 1.54) is 12.8 Å². The Morgan fingerprint density at radius 3 is 2.44 bits per heavy atom. The van der Waals surface area contributed by atoms with Crippen LogP contribution in [0.5, 0.6) is 0 Å². The molecule has 0 aromatic heterocycles. The molecule has 2 nitrogen and oxygen atoms in total. The minimum absolute atomic E-state index is 0.338. The van der Waals surface area contributed by atoms with E-state index in [9.17, 15) is 0 Å². The van der Waals surface area contributed by atoms with Gasteiger partial charge in [0.05, 0.1) is 0 Å². The van der Waals surface area contributed by atoms with Gasteiger partial charge in [0.1, 0.15) is 11.8 Å². The van der Waals surface area contributed by atoms with Crippen LogP contribution in [0.15, 0.2) is 30.5 Å². The summed E-state index contributed by atoms with van der Waals surface area (Å²) in [4.78, 5) is 5.18. The molecule has 1 unspecified atom stereocenters. The van der Waals surface area contributed by atoms with E-state index in [1.54, 1.807) is 6.26 Å². The molecule has 1 aliphatic heterocycles. The fourth-order valence-corrected chi connectivity index (χ4v) is 3.01. The van der Waals surface area contributed by atoms with Crippen molar-refractivity contribution in [2.75, 3.05) is 0 Å². The molecule has 0 bridgehead atoms. The molecule has 2 aliphatic rings. The topological polar surface area (TPSA) is 21.3 Å². The van der Waals surface area contributed by atoms with Crippen molar-refractivity contribution >= 4 is 23.2 Å². The molecule has 0 spiro atoms. The predicted octanol–water partition coefficient (Wildman–Crippen LogP) is 3.65. The van der Waals surface area contributed by atoms with Gasteiger partial charge in [-0.1, -0.05) is 29.3 Å². The molecule has 3 rings (SSSR count). The molecule has 0 amide bonds. The van der Waals surface area contributed by atoms with Crippen LogP contribution >= 0.6 is 23.2 Å². The molecule has 0 saturated heterocycles. The van der Waals surface area contributed by atoms with Gasteiger partial charge in [-0.2, -0.15) is 0 Å². The zero-order chi connectivity index (χ0) is 11.2. The Morgan fingerprint density at radius 1 is 1.25 bits per heavy atom. The van der Waals surface area contributed by atoms with Gasteiger partial charge in [0.15, 0.2) is 0 Å². The molecule has 1 aliphatic carbocycles. The van der Waals surface area contributed by atoms with Gasteiger partial charge in [-0.15, -0.1) is 5.48 Å². The van der Waals surface area contributed by atoms with E-state index in [4.69, 9.17) is 28.0 Å². The van der Waals surface area contributed by atoms with Crippen molar-refractivity contribution < 1.29 is 4.84 Å². The lowest BCUT2D eigenvalue weighted by Crippen LogP contribution is -2.39. The molecule has 1 saturated carbocycles. The molecule has 4 heteroatoms. The smallest absolute Gasteiger partial charge is 0.109 e. The Kier molecular flexibility index (Phi) is 2.39. The molecule has 1 aromatic rings. The fraction of sp³-hybridized carbons (Fsp3) is 0.333. The van der Waals surface area contributed by atoms with Crippen molar-refractivity contribution in [3.8, 4) is 0 Å². The summed E-state index contributed by atoms with van der Waals surface area (Å²) < 4.78 is 0. The van der Waals surface area contributed by atoms with Crippen LogP contribution < -0.4 is 5.48 Å². The lowest BCUT2D eigenvalue weighted by molar-refractivity contribution is 0.0865. The first-order valence-corrected chi connectivity index (χ1v) is 6.04. The number of benzene rings is 1. The van der Waals surface area contributed by atoms with Gasteiger partial charge in [0, 0.05) is 15.6 Å². The van der Waals surface area contributed by atoms with Crippen LogP contribution in [0.25, 0.3) is 0 Å². The molecule has 1 fully saturated rings. The van der Waals surface area contributed by atoms with E-state index in [0.717, 1.165) is 5.56 Å². The summed E-state index contributed by atoms with van der Waals surface area (Å²) in [5.74, 6) is 0.517. The molecular formula is C12H11Cl2NO. The standard InChI is InChI=1S/C12H11Cl2NO/c13-9-2-1-3-10(14)11(9)12(8-4-5-8)6-7-16-15-12/h1-3,6-8,15H,4-5H2. The van der Waals surface area contributed by atoms with Crippen LogP contribution in [0.1, 0.15) is 18.4 Å². The summed E-state index contributed by atoms with van der Waals surface area (Å²) in [6.45, 7) is 0. The quantitative estimate of drug-likeness (QED) is 0.872. The third-order valence-electron chi connectivity index (χ3n) is 3.22. The van der Waals surface area contributed by atoms with Crippen LogP contribution in [0, 0.1) is 5.92 Å². The van der Waals surface area contributed by atoms with Gasteiger partial charge in [0.2, 0.25) is 0 Å². The summed E-state index contributed by atoms with van der Waals surface area (Å²) in [5.41, 5.74) is 3.64. The number of hydrogen-bond acceptors (Lipinski definition) is 2. The van der Waals surface area contributed by atoms with E-state index < -0.39 is 0 Å². The second-order valence-electron chi connectivity index (χ2n) is 4.26. The summed E-state index contributed by atoms with van der Waals surface area (Å²) in [5, 5.41) is 1.36. The number of hydrogen-bond donors (Lipinski definition) is 1. The molecule has 0 radical (unpaired) electrons. The summed E-state index contributed by atoms with van der Waals surface area (Å²) in [7, 11) is 0. The Balaban J connectivity index is 2.16. The molecule has 1 aromatic carbocycles. The fourth-order valence-electron chi connectivity index (χ4n) is 2.30. The maximum absolute atomic E-state index is 6.26. The van der Waals surface area contributed by atoms with Crippen molar-refractivity contribution in [2.24, 2.45) is 5.92 Å². The predicted molar refractivity (Wildman–Crippen MR) is 64.2 cm³/mol. The highest BCUT2D eigenvalue weighted by molar-refractivity contribution is 6.36. The second-order valence-corrected chi connectivity index (χ2v) is 5.08. The minimum Gasteiger partial charge on any atom is -0.416 e. The third kappa shape index (κ3) is 1.45. The van der Waals surface area contributed by atoms with Gasteiger partial charge >= 0.3 is 0 Å². The van der Waals surface area contributed by atoms with E-state index in [-0.39, 0.29) is 5.54 Å². The normalized spacial score (nSPS) is 28.1. The van der Waals surface area contributed by atoms with Crippen molar-refractivity contribution in [1.29, 1.82) is 0 Å². The molecule has 16 heavy (non-hydrogen) atoms. The number of halogens is 2. The van der Waals surface area contributed by atoms with Gasteiger partial charge < -0.3 is 4.84 Å². The van der Waals surface area contributed by atoms with Crippen molar-refractivity contribution in [3.05, 3.63) is 46.1 Å². The first-order valence-electron chi connectivity index (χ1n) is 5.29. The molecule has 1 N–H and O–H groups in total. The van der Waals surface area contributed by atoms with E-state index >= 15 is 0 Å². The molecular weight excluding hydrogens is 245 g/mol. The van der Waals surface area contributed by atoms with Crippen LogP contribution in [-0.4, -0.2) is 0 Å². The van der Waals surface area contributed by atoms with Gasteiger partial charge in [-0.25, -0.2) is 0 Å². The average molecular weight is 256 g/mol. The number of hydroxylamine groups is 1. The summed E-state index contributed by atoms with van der Waals surface area (Å²) in [6.07, 6.45) is 6.01. The number of rotatable bonds is 2. The molecule has 84 valence electrons. The van der Waals surface area contributed by atoms with Crippen LogP contribution in [0.3, 0.4) is 0 Å². The second kappa shape index (κ2) is 3.66. The monoisotopic (exact) mass is 255 g/mol. The Hall–Kier alpha value is -0.700. The Morgan fingerprint density at radius 2 is 1.94 bits per heavy atom. The Bertz CT molecular complexity index is 436.